The quantitative estimate of drug-likeness (QED) is 0.695. The summed E-state index contributed by atoms with van der Waals surface area (Å²) in [5.74, 6) is 1.34. The molecule has 2 fully saturated rings. The molecular formula is C22H24ClNO. The number of likely N-dealkylation sites (tertiary alicyclic amines) is 1. The standard InChI is InChI=1S/C22H24ClNO/c23-18-12-10-17(11-13-18)22(25)24-15-14-19(16-6-2-1-3-7-16)20-8-4-5-9-21(20)24/h1-3,6-7,10-13,19-21H,4-5,8-9,14-15H2/t19-,20-,21+/m0/s1. The first-order valence-electron chi connectivity index (χ1n) is 9.35. The molecule has 25 heavy (non-hydrogen) atoms. The van der Waals surface area contributed by atoms with E-state index in [9.17, 15) is 4.79 Å². The molecule has 0 unspecified atom stereocenters. The number of carbonyl (C=O) groups excluding carboxylic acids is 1. The lowest BCUT2D eigenvalue weighted by Gasteiger charge is -2.48. The number of amides is 1. The van der Waals surface area contributed by atoms with Gasteiger partial charge >= 0.3 is 0 Å². The fourth-order valence-corrected chi connectivity index (χ4v) is 4.90. The van der Waals surface area contributed by atoms with E-state index in [1.165, 1.54) is 24.8 Å². The average Bonchev–Trinajstić information content (AvgIpc) is 2.68. The third kappa shape index (κ3) is 3.32. The lowest BCUT2D eigenvalue weighted by Crippen LogP contribution is -2.52. The van der Waals surface area contributed by atoms with E-state index in [4.69, 9.17) is 11.6 Å². The van der Waals surface area contributed by atoms with Crippen LogP contribution in [0.1, 0.15) is 53.9 Å². The topological polar surface area (TPSA) is 20.3 Å². The minimum Gasteiger partial charge on any atom is -0.335 e. The lowest BCUT2D eigenvalue weighted by molar-refractivity contribution is 0.0319. The average molecular weight is 354 g/mol. The molecule has 130 valence electrons. The van der Waals surface area contributed by atoms with Gasteiger partial charge in [-0.25, -0.2) is 0 Å². The van der Waals surface area contributed by atoms with Crippen LogP contribution in [-0.2, 0) is 0 Å². The van der Waals surface area contributed by atoms with Crippen LogP contribution in [0.5, 0.6) is 0 Å². The normalized spacial score (nSPS) is 26.1. The van der Waals surface area contributed by atoms with E-state index < -0.39 is 0 Å². The summed E-state index contributed by atoms with van der Waals surface area (Å²) in [7, 11) is 0. The van der Waals surface area contributed by atoms with Crippen LogP contribution in [0.2, 0.25) is 5.02 Å². The van der Waals surface area contributed by atoms with E-state index in [-0.39, 0.29) is 5.91 Å². The van der Waals surface area contributed by atoms with Crippen LogP contribution in [0.15, 0.2) is 54.6 Å². The Hall–Kier alpha value is -1.80. The highest BCUT2D eigenvalue weighted by molar-refractivity contribution is 6.30. The summed E-state index contributed by atoms with van der Waals surface area (Å²) in [4.78, 5) is 15.2. The van der Waals surface area contributed by atoms with Crippen molar-refractivity contribution in [2.75, 3.05) is 6.54 Å². The molecule has 1 heterocycles. The van der Waals surface area contributed by atoms with Crippen molar-refractivity contribution in [2.24, 2.45) is 5.92 Å². The summed E-state index contributed by atoms with van der Waals surface area (Å²) < 4.78 is 0. The van der Waals surface area contributed by atoms with Gasteiger partial charge in [-0.3, -0.25) is 4.79 Å². The summed E-state index contributed by atoms with van der Waals surface area (Å²) in [6, 6.07) is 18.6. The smallest absolute Gasteiger partial charge is 0.254 e. The Balaban J connectivity index is 1.59. The highest BCUT2D eigenvalue weighted by Crippen LogP contribution is 2.44. The van der Waals surface area contributed by atoms with Crippen LogP contribution < -0.4 is 0 Å². The first-order chi connectivity index (χ1) is 12.2. The largest absolute Gasteiger partial charge is 0.335 e. The molecule has 2 aliphatic rings. The Morgan fingerprint density at radius 3 is 2.40 bits per heavy atom. The van der Waals surface area contributed by atoms with E-state index in [0.29, 0.717) is 22.9 Å². The molecule has 0 radical (unpaired) electrons. The molecular weight excluding hydrogens is 330 g/mol. The number of hydrogen-bond acceptors (Lipinski definition) is 1. The second kappa shape index (κ2) is 7.21. The molecule has 2 aromatic carbocycles. The minimum absolute atomic E-state index is 0.167. The molecule has 0 spiro atoms. The Kier molecular flexibility index (Phi) is 4.80. The Morgan fingerprint density at radius 2 is 1.64 bits per heavy atom. The predicted molar refractivity (Wildman–Crippen MR) is 102 cm³/mol. The van der Waals surface area contributed by atoms with Crippen molar-refractivity contribution in [2.45, 2.75) is 44.1 Å². The number of fused-ring (bicyclic) bond motifs is 1. The summed E-state index contributed by atoms with van der Waals surface area (Å²) >= 11 is 5.97. The Bertz CT molecular complexity index is 727. The molecule has 0 N–H and O–H groups in total. The van der Waals surface area contributed by atoms with Gasteiger partial charge in [0, 0.05) is 23.2 Å². The number of piperidine rings is 1. The van der Waals surface area contributed by atoms with Gasteiger partial charge in [0.2, 0.25) is 0 Å². The number of benzene rings is 2. The van der Waals surface area contributed by atoms with Crippen molar-refractivity contribution in [3.8, 4) is 0 Å². The van der Waals surface area contributed by atoms with Crippen LogP contribution >= 0.6 is 11.6 Å². The SMILES string of the molecule is O=C(c1ccc(Cl)cc1)N1CC[C@@H](c2ccccc2)[C@@H]2CCCC[C@H]21. The van der Waals surface area contributed by atoms with Crippen LogP contribution in [0.25, 0.3) is 0 Å². The molecule has 0 aromatic heterocycles. The zero-order valence-corrected chi connectivity index (χ0v) is 15.2. The maximum Gasteiger partial charge on any atom is 0.254 e. The third-order valence-corrected chi connectivity index (χ3v) is 6.21. The zero-order chi connectivity index (χ0) is 17.2. The highest BCUT2D eigenvalue weighted by Gasteiger charge is 2.41. The Morgan fingerprint density at radius 1 is 0.920 bits per heavy atom. The molecule has 2 nitrogen and oxygen atoms in total. The summed E-state index contributed by atoms with van der Waals surface area (Å²) in [5.41, 5.74) is 2.20. The molecule has 3 atom stereocenters. The van der Waals surface area contributed by atoms with Gasteiger partial charge in [-0.2, -0.15) is 0 Å². The molecule has 2 aromatic rings. The molecule has 1 saturated carbocycles. The fourth-order valence-electron chi connectivity index (χ4n) is 4.78. The van der Waals surface area contributed by atoms with E-state index in [1.807, 2.05) is 24.3 Å². The van der Waals surface area contributed by atoms with Gasteiger partial charge in [0.1, 0.15) is 0 Å². The van der Waals surface area contributed by atoms with Crippen molar-refractivity contribution < 1.29 is 4.79 Å². The number of halogens is 1. The summed E-state index contributed by atoms with van der Waals surface area (Å²) in [6.07, 6.45) is 5.94. The van der Waals surface area contributed by atoms with Crippen molar-refractivity contribution in [3.63, 3.8) is 0 Å². The van der Waals surface area contributed by atoms with Crippen molar-refractivity contribution in [3.05, 3.63) is 70.7 Å². The minimum atomic E-state index is 0.167. The number of nitrogens with zero attached hydrogens (tertiary/aromatic N) is 1. The zero-order valence-electron chi connectivity index (χ0n) is 14.4. The van der Waals surface area contributed by atoms with Gasteiger partial charge in [0.15, 0.2) is 0 Å². The van der Waals surface area contributed by atoms with Crippen molar-refractivity contribution >= 4 is 17.5 Å². The monoisotopic (exact) mass is 353 g/mol. The second-order valence-corrected chi connectivity index (χ2v) is 7.76. The fraction of sp³-hybridized carbons (Fsp3) is 0.409. The van der Waals surface area contributed by atoms with E-state index in [1.54, 1.807) is 0 Å². The maximum absolute atomic E-state index is 13.1. The molecule has 4 rings (SSSR count). The lowest BCUT2D eigenvalue weighted by atomic mass is 9.69. The molecule has 1 saturated heterocycles. The number of hydrogen-bond donors (Lipinski definition) is 0. The first kappa shape index (κ1) is 16.7. The van der Waals surface area contributed by atoms with Crippen molar-refractivity contribution in [1.82, 2.24) is 4.90 Å². The summed E-state index contributed by atoms with van der Waals surface area (Å²) in [6.45, 7) is 0.849. The molecule has 1 amide bonds. The maximum atomic E-state index is 13.1. The van der Waals surface area contributed by atoms with Gasteiger partial charge < -0.3 is 4.90 Å². The van der Waals surface area contributed by atoms with Crippen LogP contribution in [0.4, 0.5) is 0 Å². The van der Waals surface area contributed by atoms with Gasteiger partial charge in [0.05, 0.1) is 0 Å². The van der Waals surface area contributed by atoms with E-state index in [2.05, 4.69) is 35.2 Å². The molecule has 1 aliphatic carbocycles. The molecule has 3 heteroatoms. The third-order valence-electron chi connectivity index (χ3n) is 5.96. The van der Waals surface area contributed by atoms with Crippen LogP contribution in [0, 0.1) is 5.92 Å². The van der Waals surface area contributed by atoms with Gasteiger partial charge in [-0.15, -0.1) is 0 Å². The number of carbonyl (C=O) groups is 1. The summed E-state index contributed by atoms with van der Waals surface area (Å²) in [5, 5.41) is 0.676. The van der Waals surface area contributed by atoms with Gasteiger partial charge in [-0.05, 0) is 60.9 Å². The van der Waals surface area contributed by atoms with Gasteiger partial charge in [-0.1, -0.05) is 54.8 Å². The second-order valence-electron chi connectivity index (χ2n) is 7.33. The number of rotatable bonds is 2. The van der Waals surface area contributed by atoms with E-state index >= 15 is 0 Å². The predicted octanol–water partition coefficient (Wildman–Crippen LogP) is 5.53. The van der Waals surface area contributed by atoms with E-state index in [0.717, 1.165) is 24.9 Å². The first-order valence-corrected chi connectivity index (χ1v) is 9.73. The van der Waals surface area contributed by atoms with Gasteiger partial charge in [0.25, 0.3) is 5.91 Å². The van der Waals surface area contributed by atoms with Crippen molar-refractivity contribution in [1.29, 1.82) is 0 Å². The Labute approximate surface area is 154 Å². The molecule has 1 aliphatic heterocycles. The van der Waals surface area contributed by atoms with Crippen LogP contribution in [-0.4, -0.2) is 23.4 Å². The molecule has 0 bridgehead atoms. The van der Waals surface area contributed by atoms with Crippen LogP contribution in [0.3, 0.4) is 0 Å². The highest BCUT2D eigenvalue weighted by atomic mass is 35.5.